The number of carbonyl (C=O) groups excluding carboxylic acids is 1. The van der Waals surface area contributed by atoms with Crippen molar-refractivity contribution < 1.29 is 4.79 Å². The van der Waals surface area contributed by atoms with Crippen LogP contribution in [0.1, 0.15) is 15.9 Å². The third-order valence-electron chi connectivity index (χ3n) is 3.94. The molecule has 4 rings (SSSR count). The molecule has 0 atom stereocenters. The maximum Gasteiger partial charge on any atom is 0.270 e. The van der Waals surface area contributed by atoms with Gasteiger partial charge < -0.3 is 0 Å². The molecule has 134 valence electrons. The largest absolute Gasteiger partial charge is 0.298 e. The van der Waals surface area contributed by atoms with Crippen molar-refractivity contribution in [1.29, 1.82) is 0 Å². The number of fused-ring (bicyclic) bond motifs is 1. The van der Waals surface area contributed by atoms with Gasteiger partial charge in [0, 0.05) is 27.8 Å². The minimum Gasteiger partial charge on any atom is -0.298 e. The number of benzene rings is 1. The summed E-state index contributed by atoms with van der Waals surface area (Å²) in [7, 11) is 0. The molecule has 0 bridgehead atoms. The minimum absolute atomic E-state index is 0.0303. The molecule has 0 saturated carbocycles. The van der Waals surface area contributed by atoms with Crippen LogP contribution in [0.2, 0.25) is 0 Å². The summed E-state index contributed by atoms with van der Waals surface area (Å²) in [5, 5.41) is 4.96. The maximum absolute atomic E-state index is 12.6. The molecule has 1 N–H and O–H groups in total. The van der Waals surface area contributed by atoms with Crippen molar-refractivity contribution in [1.82, 2.24) is 14.4 Å². The Morgan fingerprint density at radius 1 is 1.26 bits per heavy atom. The highest BCUT2D eigenvalue weighted by Crippen LogP contribution is 2.27. The number of amides is 1. The number of nitrogens with zero attached hydrogens (tertiary/aromatic N) is 3. The Labute approximate surface area is 166 Å². The standard InChI is InChI=1S/C19H13BrN4O2S/c1-11-5-6-16-21-8-14(18(26)24(16)9-11)17(25)23-19-22-15(10-27-19)12-3-2-4-13(20)7-12/h2-10H,1H3,(H,22,23,25). The van der Waals surface area contributed by atoms with E-state index in [9.17, 15) is 9.59 Å². The number of nitrogens with one attached hydrogen (secondary N) is 1. The fraction of sp³-hybridized carbons (Fsp3) is 0.0526. The van der Waals surface area contributed by atoms with E-state index in [1.165, 1.54) is 21.9 Å². The molecule has 0 aliphatic rings. The minimum atomic E-state index is -0.529. The molecule has 3 aromatic heterocycles. The topological polar surface area (TPSA) is 76.4 Å². The average Bonchev–Trinajstić information content (AvgIpc) is 3.11. The molecule has 0 radical (unpaired) electrons. The number of aryl methyl sites for hydroxylation is 1. The lowest BCUT2D eigenvalue weighted by molar-refractivity contribution is 0.102. The highest BCUT2D eigenvalue weighted by Gasteiger charge is 2.15. The van der Waals surface area contributed by atoms with Crippen molar-refractivity contribution in [2.45, 2.75) is 6.92 Å². The number of carbonyl (C=O) groups is 1. The van der Waals surface area contributed by atoms with Gasteiger partial charge in [0.2, 0.25) is 0 Å². The number of thiazole rings is 1. The first-order valence-corrected chi connectivity index (χ1v) is 9.69. The van der Waals surface area contributed by atoms with Crippen LogP contribution in [0.3, 0.4) is 0 Å². The van der Waals surface area contributed by atoms with Crippen LogP contribution in [0.4, 0.5) is 5.13 Å². The summed E-state index contributed by atoms with van der Waals surface area (Å²) in [6.45, 7) is 1.87. The van der Waals surface area contributed by atoms with Gasteiger partial charge in [0.15, 0.2) is 5.13 Å². The molecule has 3 heterocycles. The van der Waals surface area contributed by atoms with Crippen molar-refractivity contribution in [3.05, 3.63) is 80.1 Å². The molecular formula is C19H13BrN4O2S. The predicted molar refractivity (Wildman–Crippen MR) is 109 cm³/mol. The first-order valence-electron chi connectivity index (χ1n) is 8.02. The first kappa shape index (κ1) is 17.6. The zero-order valence-corrected chi connectivity index (χ0v) is 16.5. The van der Waals surface area contributed by atoms with Crippen LogP contribution >= 0.6 is 27.3 Å². The van der Waals surface area contributed by atoms with Gasteiger partial charge in [-0.05, 0) is 30.7 Å². The third kappa shape index (κ3) is 3.54. The van der Waals surface area contributed by atoms with E-state index in [0.717, 1.165) is 21.3 Å². The number of hydrogen-bond donors (Lipinski definition) is 1. The van der Waals surface area contributed by atoms with Crippen LogP contribution in [-0.4, -0.2) is 20.3 Å². The Morgan fingerprint density at radius 2 is 2.11 bits per heavy atom. The summed E-state index contributed by atoms with van der Waals surface area (Å²) in [6.07, 6.45) is 2.96. The second kappa shape index (κ2) is 7.05. The molecule has 0 unspecified atom stereocenters. The quantitative estimate of drug-likeness (QED) is 0.519. The number of hydrogen-bond acceptors (Lipinski definition) is 5. The molecule has 0 saturated heterocycles. The lowest BCUT2D eigenvalue weighted by Crippen LogP contribution is -2.26. The summed E-state index contributed by atoms with van der Waals surface area (Å²) in [5.41, 5.74) is 2.64. The van der Waals surface area contributed by atoms with Gasteiger partial charge in [-0.2, -0.15) is 0 Å². The van der Waals surface area contributed by atoms with E-state index in [4.69, 9.17) is 0 Å². The van der Waals surface area contributed by atoms with Crippen molar-refractivity contribution in [3.63, 3.8) is 0 Å². The van der Waals surface area contributed by atoms with Crippen LogP contribution in [-0.2, 0) is 0 Å². The van der Waals surface area contributed by atoms with Crippen LogP contribution in [0.5, 0.6) is 0 Å². The van der Waals surface area contributed by atoms with Crippen LogP contribution in [0, 0.1) is 6.92 Å². The highest BCUT2D eigenvalue weighted by molar-refractivity contribution is 9.10. The summed E-state index contributed by atoms with van der Waals surface area (Å²) in [4.78, 5) is 33.8. The van der Waals surface area contributed by atoms with Gasteiger partial charge in [-0.15, -0.1) is 11.3 Å². The third-order valence-corrected chi connectivity index (χ3v) is 5.19. The van der Waals surface area contributed by atoms with Gasteiger partial charge in [-0.1, -0.05) is 34.1 Å². The number of anilines is 1. The monoisotopic (exact) mass is 440 g/mol. The second-order valence-electron chi connectivity index (χ2n) is 5.91. The number of halogens is 1. The molecule has 0 spiro atoms. The molecule has 27 heavy (non-hydrogen) atoms. The summed E-state index contributed by atoms with van der Waals surface area (Å²) in [6, 6.07) is 11.3. The lowest BCUT2D eigenvalue weighted by Gasteiger charge is -2.05. The van der Waals surface area contributed by atoms with E-state index >= 15 is 0 Å². The zero-order chi connectivity index (χ0) is 19.0. The van der Waals surface area contributed by atoms with Crippen molar-refractivity contribution >= 4 is 44.0 Å². The Kier molecular flexibility index (Phi) is 4.59. The molecule has 1 amide bonds. The molecular weight excluding hydrogens is 428 g/mol. The van der Waals surface area contributed by atoms with E-state index in [1.54, 1.807) is 12.3 Å². The molecule has 6 nitrogen and oxygen atoms in total. The first-order chi connectivity index (χ1) is 13.0. The molecule has 8 heteroatoms. The summed E-state index contributed by atoms with van der Waals surface area (Å²) < 4.78 is 2.32. The van der Waals surface area contributed by atoms with Gasteiger partial charge in [0.25, 0.3) is 11.5 Å². The van der Waals surface area contributed by atoms with Crippen LogP contribution in [0.25, 0.3) is 16.9 Å². The fourth-order valence-electron chi connectivity index (χ4n) is 2.61. The second-order valence-corrected chi connectivity index (χ2v) is 7.69. The smallest absolute Gasteiger partial charge is 0.270 e. The van der Waals surface area contributed by atoms with Crippen molar-refractivity contribution in [2.75, 3.05) is 5.32 Å². The van der Waals surface area contributed by atoms with Crippen molar-refractivity contribution in [2.24, 2.45) is 0 Å². The summed E-state index contributed by atoms with van der Waals surface area (Å²) >= 11 is 4.73. The highest BCUT2D eigenvalue weighted by atomic mass is 79.9. The van der Waals surface area contributed by atoms with Crippen LogP contribution in [0.15, 0.2) is 63.4 Å². The molecule has 0 fully saturated rings. The SMILES string of the molecule is Cc1ccc2ncc(C(=O)Nc3nc(-c4cccc(Br)c4)cs3)c(=O)n2c1. The zero-order valence-electron chi connectivity index (χ0n) is 14.1. The predicted octanol–water partition coefficient (Wildman–Crippen LogP) is 4.14. The normalized spacial score (nSPS) is 10.9. The van der Waals surface area contributed by atoms with Gasteiger partial charge in [-0.3, -0.25) is 19.3 Å². The van der Waals surface area contributed by atoms with E-state index in [2.05, 4.69) is 31.2 Å². The van der Waals surface area contributed by atoms with Gasteiger partial charge in [0.05, 0.1) is 5.69 Å². The van der Waals surface area contributed by atoms with Crippen molar-refractivity contribution in [3.8, 4) is 11.3 Å². The van der Waals surface area contributed by atoms with E-state index in [-0.39, 0.29) is 5.56 Å². The van der Waals surface area contributed by atoms with Gasteiger partial charge in [0.1, 0.15) is 11.2 Å². The van der Waals surface area contributed by atoms with Gasteiger partial charge in [-0.25, -0.2) is 9.97 Å². The van der Waals surface area contributed by atoms with E-state index in [0.29, 0.717) is 10.8 Å². The maximum atomic E-state index is 12.6. The Hall–Kier alpha value is -2.84. The Morgan fingerprint density at radius 3 is 2.93 bits per heavy atom. The van der Waals surface area contributed by atoms with E-state index in [1.807, 2.05) is 42.6 Å². The Balaban J connectivity index is 1.62. The molecule has 0 aliphatic heterocycles. The number of rotatable bonds is 3. The lowest BCUT2D eigenvalue weighted by atomic mass is 10.2. The van der Waals surface area contributed by atoms with Gasteiger partial charge >= 0.3 is 0 Å². The molecule has 1 aromatic carbocycles. The molecule has 0 aliphatic carbocycles. The number of pyridine rings is 1. The Bertz CT molecular complexity index is 1230. The van der Waals surface area contributed by atoms with E-state index < -0.39 is 11.5 Å². The number of aromatic nitrogens is 3. The summed E-state index contributed by atoms with van der Waals surface area (Å²) in [5.74, 6) is -0.529. The molecule has 4 aromatic rings. The fourth-order valence-corrected chi connectivity index (χ4v) is 3.73. The van der Waals surface area contributed by atoms with Crippen LogP contribution < -0.4 is 10.9 Å². The average molecular weight is 441 g/mol.